The lowest BCUT2D eigenvalue weighted by Gasteiger charge is -2.13. The Morgan fingerprint density at radius 3 is 2.55 bits per heavy atom. The van der Waals surface area contributed by atoms with Crippen molar-refractivity contribution in [3.63, 3.8) is 0 Å². The molecule has 0 saturated heterocycles. The molecule has 1 unspecified atom stereocenters. The van der Waals surface area contributed by atoms with E-state index in [-0.39, 0.29) is 17.2 Å². The monoisotopic (exact) mass is 301 g/mol. The molecule has 1 heterocycles. The Bertz CT molecular complexity index is 555. The molecule has 0 radical (unpaired) electrons. The van der Waals surface area contributed by atoms with Crippen LogP contribution >= 0.6 is 0 Å². The molecule has 7 nitrogen and oxygen atoms in total. The Kier molecular flexibility index (Phi) is 5.46. The molecule has 0 aromatic carbocycles. The van der Waals surface area contributed by atoms with Gasteiger partial charge in [0.1, 0.15) is 10.7 Å². The summed E-state index contributed by atoms with van der Waals surface area (Å²) in [6.45, 7) is 2.27. The van der Waals surface area contributed by atoms with Gasteiger partial charge in [-0.2, -0.15) is 0 Å². The average molecular weight is 301 g/mol. The molecule has 1 atom stereocenters. The number of sulfonamides is 1. The first-order valence-corrected chi connectivity index (χ1v) is 7.51. The van der Waals surface area contributed by atoms with Gasteiger partial charge in [-0.25, -0.2) is 17.7 Å². The van der Waals surface area contributed by atoms with Gasteiger partial charge in [0.05, 0.1) is 0 Å². The number of nitrogens with one attached hydrogen (secondary N) is 1. The van der Waals surface area contributed by atoms with Crippen LogP contribution < -0.4 is 5.32 Å². The highest BCUT2D eigenvalue weighted by Gasteiger charge is 2.17. The molecule has 0 saturated carbocycles. The van der Waals surface area contributed by atoms with Crippen LogP contribution in [0.2, 0.25) is 0 Å². The summed E-state index contributed by atoms with van der Waals surface area (Å²) in [5.74, 6) is -0.376. The van der Waals surface area contributed by atoms with Crippen LogP contribution in [0.1, 0.15) is 13.3 Å². The zero-order valence-electron chi connectivity index (χ0n) is 11.7. The predicted molar refractivity (Wildman–Crippen MR) is 75.0 cm³/mol. The van der Waals surface area contributed by atoms with E-state index in [0.29, 0.717) is 12.4 Å². The minimum Gasteiger partial charge on any atom is -0.481 e. The van der Waals surface area contributed by atoms with E-state index in [1.54, 1.807) is 6.07 Å². The van der Waals surface area contributed by atoms with E-state index in [1.165, 1.54) is 26.4 Å². The Labute approximate surface area is 118 Å². The highest BCUT2D eigenvalue weighted by atomic mass is 32.2. The van der Waals surface area contributed by atoms with Crippen LogP contribution in [0.3, 0.4) is 0 Å². The minimum absolute atomic E-state index is 0.0421. The summed E-state index contributed by atoms with van der Waals surface area (Å²) in [6.07, 6.45) is 1.35. The van der Waals surface area contributed by atoms with E-state index in [9.17, 15) is 13.2 Å². The molecule has 112 valence electrons. The van der Waals surface area contributed by atoms with Crippen molar-refractivity contribution >= 4 is 21.8 Å². The molecule has 1 aromatic heterocycles. The second-order valence-corrected chi connectivity index (χ2v) is 6.90. The molecule has 0 aliphatic rings. The van der Waals surface area contributed by atoms with Crippen molar-refractivity contribution in [1.29, 1.82) is 0 Å². The van der Waals surface area contributed by atoms with Crippen LogP contribution in [0, 0.1) is 5.92 Å². The van der Waals surface area contributed by atoms with Crippen molar-refractivity contribution in [2.75, 3.05) is 26.0 Å². The minimum atomic E-state index is -3.48. The Hall–Kier alpha value is -1.67. The molecule has 2 N–H and O–H groups in total. The zero-order chi connectivity index (χ0) is 15.3. The van der Waals surface area contributed by atoms with Crippen LogP contribution in [0.4, 0.5) is 5.82 Å². The fourth-order valence-corrected chi connectivity index (χ4v) is 2.34. The quantitative estimate of drug-likeness (QED) is 0.774. The van der Waals surface area contributed by atoms with Crippen molar-refractivity contribution < 1.29 is 18.3 Å². The molecule has 0 bridgehead atoms. The fourth-order valence-electron chi connectivity index (χ4n) is 1.50. The molecular formula is C12H19N3O4S. The van der Waals surface area contributed by atoms with E-state index in [2.05, 4.69) is 10.3 Å². The van der Waals surface area contributed by atoms with E-state index in [1.807, 2.05) is 6.92 Å². The van der Waals surface area contributed by atoms with Crippen molar-refractivity contribution in [3.8, 4) is 0 Å². The molecule has 8 heteroatoms. The number of hydrogen-bond donors (Lipinski definition) is 2. The highest BCUT2D eigenvalue weighted by Crippen LogP contribution is 2.14. The first-order chi connectivity index (χ1) is 9.23. The van der Waals surface area contributed by atoms with Crippen LogP contribution in [-0.4, -0.2) is 49.4 Å². The van der Waals surface area contributed by atoms with Crippen LogP contribution in [-0.2, 0) is 14.8 Å². The van der Waals surface area contributed by atoms with Gasteiger partial charge in [0.15, 0.2) is 0 Å². The number of carbonyl (C=O) groups is 1. The second kappa shape index (κ2) is 6.67. The fraction of sp³-hybridized carbons (Fsp3) is 0.500. The largest absolute Gasteiger partial charge is 0.481 e. The van der Waals surface area contributed by atoms with Gasteiger partial charge >= 0.3 is 5.97 Å². The molecule has 1 aromatic rings. The van der Waals surface area contributed by atoms with Crippen LogP contribution in [0.15, 0.2) is 23.2 Å². The van der Waals surface area contributed by atoms with Crippen molar-refractivity contribution in [1.82, 2.24) is 9.29 Å². The molecule has 20 heavy (non-hydrogen) atoms. The Morgan fingerprint density at radius 2 is 2.10 bits per heavy atom. The van der Waals surface area contributed by atoms with Gasteiger partial charge in [-0.1, -0.05) is 6.92 Å². The van der Waals surface area contributed by atoms with E-state index in [0.717, 1.165) is 4.31 Å². The molecule has 0 fully saturated rings. The first kappa shape index (κ1) is 16.4. The normalized spacial score (nSPS) is 13.2. The number of hydrogen-bond acceptors (Lipinski definition) is 5. The SMILES string of the molecule is CC(CNc1ccc(S(=O)(=O)N(C)C)cn1)CC(=O)O. The van der Waals surface area contributed by atoms with Crippen LogP contribution in [0.5, 0.6) is 0 Å². The van der Waals surface area contributed by atoms with Gasteiger partial charge in [-0.15, -0.1) is 0 Å². The van der Waals surface area contributed by atoms with Gasteiger partial charge in [0, 0.05) is 33.3 Å². The Balaban J connectivity index is 2.66. The summed E-state index contributed by atoms with van der Waals surface area (Å²) in [5.41, 5.74) is 0. The summed E-state index contributed by atoms with van der Waals surface area (Å²) >= 11 is 0. The van der Waals surface area contributed by atoms with Crippen molar-refractivity contribution in [2.45, 2.75) is 18.2 Å². The van der Waals surface area contributed by atoms with Gasteiger partial charge in [0.25, 0.3) is 0 Å². The number of rotatable bonds is 7. The standard InChI is InChI=1S/C12H19N3O4S/c1-9(6-12(16)17)7-13-11-5-4-10(8-14-11)20(18,19)15(2)3/h4-5,8-9H,6-7H2,1-3H3,(H,13,14)(H,16,17). The summed E-state index contributed by atoms with van der Waals surface area (Å²) in [7, 11) is -0.569. The second-order valence-electron chi connectivity index (χ2n) is 4.75. The highest BCUT2D eigenvalue weighted by molar-refractivity contribution is 7.89. The summed E-state index contributed by atoms with van der Waals surface area (Å²) in [6, 6.07) is 3.02. The lowest BCUT2D eigenvalue weighted by Crippen LogP contribution is -2.22. The van der Waals surface area contributed by atoms with Gasteiger partial charge in [0.2, 0.25) is 10.0 Å². The summed E-state index contributed by atoms with van der Waals surface area (Å²) in [5, 5.41) is 11.6. The number of aliphatic carboxylic acids is 1. The number of carboxylic acids is 1. The number of aromatic nitrogens is 1. The number of carboxylic acid groups (broad SMARTS) is 1. The van der Waals surface area contributed by atoms with E-state index >= 15 is 0 Å². The maximum absolute atomic E-state index is 11.8. The van der Waals surface area contributed by atoms with Crippen molar-refractivity contribution in [3.05, 3.63) is 18.3 Å². The van der Waals surface area contributed by atoms with Gasteiger partial charge in [-0.05, 0) is 18.1 Å². The maximum atomic E-state index is 11.8. The third kappa shape index (κ3) is 4.46. The molecule has 0 aliphatic heterocycles. The molecule has 0 aliphatic carbocycles. The zero-order valence-corrected chi connectivity index (χ0v) is 12.5. The number of pyridine rings is 1. The smallest absolute Gasteiger partial charge is 0.303 e. The van der Waals surface area contributed by atoms with Crippen LogP contribution in [0.25, 0.3) is 0 Å². The molecule has 0 amide bonds. The summed E-state index contributed by atoms with van der Waals surface area (Å²) < 4.78 is 24.8. The van der Waals surface area contributed by atoms with E-state index in [4.69, 9.17) is 5.11 Å². The lowest BCUT2D eigenvalue weighted by atomic mass is 10.1. The first-order valence-electron chi connectivity index (χ1n) is 6.07. The van der Waals surface area contributed by atoms with E-state index < -0.39 is 16.0 Å². The molecule has 1 rings (SSSR count). The molecule has 0 spiro atoms. The number of anilines is 1. The van der Waals surface area contributed by atoms with Gasteiger partial charge in [-0.3, -0.25) is 4.79 Å². The molecular weight excluding hydrogens is 282 g/mol. The third-order valence-corrected chi connectivity index (χ3v) is 4.47. The topological polar surface area (TPSA) is 99.6 Å². The average Bonchev–Trinajstić information content (AvgIpc) is 2.36. The maximum Gasteiger partial charge on any atom is 0.303 e. The lowest BCUT2D eigenvalue weighted by molar-refractivity contribution is -0.137. The third-order valence-electron chi connectivity index (χ3n) is 2.67. The Morgan fingerprint density at radius 1 is 1.45 bits per heavy atom. The number of nitrogens with zero attached hydrogens (tertiary/aromatic N) is 2. The van der Waals surface area contributed by atoms with Gasteiger partial charge < -0.3 is 10.4 Å². The predicted octanol–water partition coefficient (Wildman–Crippen LogP) is 0.855. The summed E-state index contributed by atoms with van der Waals surface area (Å²) in [4.78, 5) is 14.7. The van der Waals surface area contributed by atoms with Crippen molar-refractivity contribution in [2.24, 2.45) is 5.92 Å².